The maximum absolute atomic E-state index is 13.7. The fraction of sp³-hybridized carbons (Fsp3) is 0.636. The Labute approximate surface area is 384 Å². The van der Waals surface area contributed by atoms with Gasteiger partial charge >= 0.3 is 23.9 Å². The fourth-order valence-corrected chi connectivity index (χ4v) is 6.74. The maximum Gasteiger partial charge on any atom is 0.326 e. The third-order valence-corrected chi connectivity index (χ3v) is 10.3. The first-order valence-corrected chi connectivity index (χ1v) is 21.9. The van der Waals surface area contributed by atoms with Crippen LogP contribution >= 0.6 is 0 Å². The van der Waals surface area contributed by atoms with Gasteiger partial charge in [0, 0.05) is 25.2 Å². The minimum absolute atomic E-state index is 0.0433. The van der Waals surface area contributed by atoms with Crippen LogP contribution in [0.4, 0.5) is 0 Å². The van der Waals surface area contributed by atoms with Crippen LogP contribution in [0.3, 0.4) is 0 Å². The summed E-state index contributed by atoms with van der Waals surface area (Å²) in [5.74, 6) is -12.6. The summed E-state index contributed by atoms with van der Waals surface area (Å²) in [5, 5.41) is 63.9. The molecule has 0 spiro atoms. The molecular weight excluding hydrogens is 867 g/mol. The summed E-state index contributed by atoms with van der Waals surface area (Å²) in [6.07, 6.45) is -4.17. The Hall–Kier alpha value is -6.16. The highest BCUT2D eigenvalue weighted by atomic mass is 16.4. The first-order chi connectivity index (χ1) is 30.7. The van der Waals surface area contributed by atoms with Crippen molar-refractivity contribution in [2.24, 2.45) is 29.4 Å². The van der Waals surface area contributed by atoms with Gasteiger partial charge in [0.05, 0.1) is 24.6 Å². The summed E-state index contributed by atoms with van der Waals surface area (Å²) < 4.78 is 0. The van der Waals surface area contributed by atoms with Gasteiger partial charge in [0.25, 0.3) is 0 Å². The third kappa shape index (κ3) is 22.2. The zero-order valence-corrected chi connectivity index (χ0v) is 38.6. The van der Waals surface area contributed by atoms with E-state index in [1.165, 1.54) is 6.92 Å². The Morgan fingerprint density at radius 2 is 1.03 bits per heavy atom. The van der Waals surface area contributed by atoms with Crippen LogP contribution in [0.25, 0.3) is 0 Å². The predicted molar refractivity (Wildman–Crippen MR) is 237 cm³/mol. The SMILES string of the molecule is CC(C)C[C@H](NC(=O)[C@@H](N)CCC(=O)O)C(=O)N[C@@H](CC(=O)O)C(=O)N[C@@H](CC(C)C)[C@@H](O)C[C@@H](C)C(=O)NC(C(=O)N[C@@H](CCC(=O)O)C(=O)N[C@@H](Cc1ccccc1)C(=O)O)C(C)C. The molecular formula is C44H69N7O15. The number of aliphatic carboxylic acids is 4. The highest BCUT2D eigenvalue weighted by Gasteiger charge is 2.35. The van der Waals surface area contributed by atoms with Crippen LogP contribution in [-0.4, -0.2) is 133 Å². The van der Waals surface area contributed by atoms with Crippen molar-refractivity contribution in [2.45, 2.75) is 155 Å². The van der Waals surface area contributed by atoms with E-state index in [9.17, 15) is 68.4 Å². The van der Waals surface area contributed by atoms with E-state index in [0.717, 1.165) is 0 Å². The van der Waals surface area contributed by atoms with E-state index in [-0.39, 0.29) is 43.9 Å². The van der Waals surface area contributed by atoms with Gasteiger partial charge in [0.1, 0.15) is 30.2 Å². The number of nitrogens with two attached hydrogens (primary N) is 1. The Morgan fingerprint density at radius 1 is 0.530 bits per heavy atom. The molecule has 0 fully saturated rings. The van der Waals surface area contributed by atoms with Gasteiger partial charge in [-0.1, -0.05) is 78.8 Å². The maximum atomic E-state index is 13.7. The quantitative estimate of drug-likeness (QED) is 0.0462. The number of benzene rings is 1. The van der Waals surface area contributed by atoms with Gasteiger partial charge in [0.2, 0.25) is 35.4 Å². The molecule has 1 rings (SSSR count). The molecule has 0 aliphatic heterocycles. The third-order valence-electron chi connectivity index (χ3n) is 10.3. The van der Waals surface area contributed by atoms with Gasteiger partial charge in [-0.05, 0) is 55.4 Å². The van der Waals surface area contributed by atoms with E-state index in [4.69, 9.17) is 10.8 Å². The zero-order valence-electron chi connectivity index (χ0n) is 38.6. The van der Waals surface area contributed by atoms with E-state index in [2.05, 4.69) is 31.9 Å². The normalized spacial score (nSPS) is 15.4. The molecule has 370 valence electrons. The Morgan fingerprint density at radius 3 is 1.55 bits per heavy atom. The van der Waals surface area contributed by atoms with Crippen molar-refractivity contribution in [3.63, 3.8) is 0 Å². The number of carbonyl (C=O) groups excluding carboxylic acids is 6. The number of aliphatic hydroxyl groups is 1. The highest BCUT2D eigenvalue weighted by Crippen LogP contribution is 2.18. The fourth-order valence-electron chi connectivity index (χ4n) is 6.74. The number of nitrogens with one attached hydrogen (secondary N) is 6. The Kier molecular flexibility index (Phi) is 25.1. The zero-order chi connectivity index (χ0) is 50.4. The van der Waals surface area contributed by atoms with Crippen molar-refractivity contribution < 1.29 is 73.5 Å². The lowest BCUT2D eigenvalue weighted by Gasteiger charge is -2.30. The van der Waals surface area contributed by atoms with E-state index in [1.54, 1.807) is 71.9 Å². The molecule has 1 unspecified atom stereocenters. The first kappa shape index (κ1) is 57.9. The van der Waals surface area contributed by atoms with Crippen LogP contribution in [-0.2, 0) is 54.4 Å². The molecule has 0 saturated heterocycles. The van der Waals surface area contributed by atoms with E-state index < -0.39 is 145 Å². The standard InChI is InChI=1S/C44H69N7O15/c1-22(2)17-29(47-42(63)31(21-36(57)58)49-41(62)30(18-23(3)4)48-39(60)27(45)13-15-34(53)54)33(52)19-25(7)38(59)51-37(24(5)6)43(64)46-28(14-16-35(55)56)40(61)50-32(44(65)66)20-26-11-9-8-10-12-26/h8-12,22-25,27-33,37,52H,13-21,45H2,1-7H3,(H,46,64)(H,47,63)(H,48,60)(H,49,62)(H,50,61)(H,51,59)(H,53,54)(H,55,56)(H,57,58)(H,65,66)/t25-,27+,28+,29+,30+,31+,32+,33+,37?/m1/s1. The molecule has 0 aliphatic rings. The topological polar surface area (TPSA) is 370 Å². The van der Waals surface area contributed by atoms with Crippen molar-refractivity contribution in [1.29, 1.82) is 0 Å². The molecule has 0 aliphatic carbocycles. The van der Waals surface area contributed by atoms with Crippen LogP contribution in [0.5, 0.6) is 0 Å². The lowest BCUT2D eigenvalue weighted by Crippen LogP contribution is -2.58. The number of amides is 6. The molecule has 0 heterocycles. The van der Waals surface area contributed by atoms with Crippen molar-refractivity contribution in [3.8, 4) is 0 Å². The number of aliphatic hydroxyl groups excluding tert-OH is 1. The van der Waals surface area contributed by atoms with Gasteiger partial charge in [-0.25, -0.2) is 4.79 Å². The minimum Gasteiger partial charge on any atom is -0.481 e. The number of hydrogen-bond donors (Lipinski definition) is 12. The summed E-state index contributed by atoms with van der Waals surface area (Å²) in [7, 11) is 0. The molecule has 6 amide bonds. The van der Waals surface area contributed by atoms with Crippen molar-refractivity contribution in [1.82, 2.24) is 31.9 Å². The highest BCUT2D eigenvalue weighted by molar-refractivity contribution is 5.95. The molecule has 22 nitrogen and oxygen atoms in total. The van der Waals surface area contributed by atoms with Crippen molar-refractivity contribution >= 4 is 59.3 Å². The number of carboxylic acid groups (broad SMARTS) is 4. The summed E-state index contributed by atoms with van der Waals surface area (Å²) in [6.45, 7) is 11.7. The molecule has 0 radical (unpaired) electrons. The molecule has 0 aromatic heterocycles. The average molecular weight is 936 g/mol. The first-order valence-electron chi connectivity index (χ1n) is 21.9. The molecule has 1 aromatic rings. The second-order valence-electron chi connectivity index (χ2n) is 17.7. The number of carbonyl (C=O) groups is 10. The van der Waals surface area contributed by atoms with Crippen LogP contribution in [0.1, 0.15) is 105 Å². The van der Waals surface area contributed by atoms with Crippen LogP contribution < -0.4 is 37.6 Å². The van der Waals surface area contributed by atoms with Gasteiger partial charge in [-0.3, -0.25) is 43.2 Å². The molecule has 0 saturated carbocycles. The Balaban J connectivity index is 3.20. The molecule has 1 aromatic carbocycles. The lowest BCUT2D eigenvalue weighted by molar-refractivity contribution is -0.143. The number of carboxylic acids is 4. The Bertz CT molecular complexity index is 1830. The minimum atomic E-state index is -1.70. The largest absolute Gasteiger partial charge is 0.481 e. The van der Waals surface area contributed by atoms with Crippen LogP contribution in [0.2, 0.25) is 0 Å². The molecule has 9 atom stereocenters. The second-order valence-corrected chi connectivity index (χ2v) is 17.7. The van der Waals surface area contributed by atoms with E-state index in [0.29, 0.717) is 5.56 Å². The summed E-state index contributed by atoms with van der Waals surface area (Å²) in [5.41, 5.74) is 6.40. The summed E-state index contributed by atoms with van der Waals surface area (Å²) in [4.78, 5) is 127. The van der Waals surface area contributed by atoms with E-state index in [1.807, 2.05) is 0 Å². The van der Waals surface area contributed by atoms with Gasteiger partial charge in [0.15, 0.2) is 0 Å². The average Bonchev–Trinajstić information content (AvgIpc) is 3.21. The van der Waals surface area contributed by atoms with Gasteiger partial charge < -0.3 is 63.2 Å². The molecule has 22 heteroatoms. The van der Waals surface area contributed by atoms with Gasteiger partial charge in [-0.15, -0.1) is 0 Å². The molecule has 0 bridgehead atoms. The van der Waals surface area contributed by atoms with Crippen LogP contribution in [0.15, 0.2) is 30.3 Å². The summed E-state index contributed by atoms with van der Waals surface area (Å²) in [6, 6.07) is -1.16. The lowest BCUT2D eigenvalue weighted by atomic mass is 9.91. The van der Waals surface area contributed by atoms with Crippen LogP contribution in [0, 0.1) is 23.7 Å². The second kappa shape index (κ2) is 28.7. The smallest absolute Gasteiger partial charge is 0.326 e. The summed E-state index contributed by atoms with van der Waals surface area (Å²) >= 11 is 0. The van der Waals surface area contributed by atoms with Crippen molar-refractivity contribution in [2.75, 3.05) is 0 Å². The van der Waals surface area contributed by atoms with E-state index >= 15 is 0 Å². The number of hydrogen-bond acceptors (Lipinski definition) is 12. The number of rotatable bonds is 31. The predicted octanol–water partition coefficient (Wildman–Crippen LogP) is -0.111. The molecule has 66 heavy (non-hydrogen) atoms. The molecule has 13 N–H and O–H groups in total. The van der Waals surface area contributed by atoms with Crippen molar-refractivity contribution in [3.05, 3.63) is 35.9 Å². The van der Waals surface area contributed by atoms with Gasteiger partial charge in [-0.2, -0.15) is 0 Å². The monoisotopic (exact) mass is 935 g/mol.